The number of rotatable bonds is 9. The number of carbonyl (C=O) groups is 6. The van der Waals surface area contributed by atoms with E-state index in [1.807, 2.05) is 0 Å². The first-order valence-corrected chi connectivity index (χ1v) is 10.7. The van der Waals surface area contributed by atoms with E-state index < -0.39 is 23.8 Å². The molecule has 4 amide bonds. The molecule has 4 N–H and O–H groups in total. The van der Waals surface area contributed by atoms with Crippen LogP contribution in [0, 0.1) is 0 Å². The number of esters is 2. The van der Waals surface area contributed by atoms with Gasteiger partial charge in [0.05, 0.1) is 33.9 Å². The maximum Gasteiger partial charge on any atom is 0.338 e. The first-order valence-electron chi connectivity index (χ1n) is 10.7. The zero-order valence-electron chi connectivity index (χ0n) is 20.1. The molecule has 0 aliphatic rings. The average molecular weight is 498 g/mol. The maximum atomic E-state index is 12.4. The van der Waals surface area contributed by atoms with Crippen LogP contribution in [0.25, 0.3) is 0 Å². The van der Waals surface area contributed by atoms with Gasteiger partial charge in [-0.05, 0) is 36.4 Å². The quantitative estimate of drug-likeness (QED) is 0.302. The summed E-state index contributed by atoms with van der Waals surface area (Å²) < 4.78 is 10.2. The van der Waals surface area contributed by atoms with E-state index in [9.17, 15) is 28.8 Å². The number of carbonyl (C=O) groups excluding carboxylic acids is 6. The number of hydrogen-bond acceptors (Lipinski definition) is 8. The molecule has 2 aromatic carbocycles. The lowest BCUT2D eigenvalue weighted by Gasteiger charge is -2.13. The highest BCUT2D eigenvalue weighted by molar-refractivity contribution is 6.02. The van der Waals surface area contributed by atoms with Crippen LogP contribution in [0.15, 0.2) is 36.4 Å². The third-order valence-corrected chi connectivity index (χ3v) is 4.30. The van der Waals surface area contributed by atoms with E-state index >= 15 is 0 Å². The van der Waals surface area contributed by atoms with E-state index in [1.165, 1.54) is 64.1 Å². The summed E-state index contributed by atoms with van der Waals surface area (Å²) in [5.74, 6) is -2.98. The lowest BCUT2D eigenvalue weighted by atomic mass is 10.1. The zero-order valence-corrected chi connectivity index (χ0v) is 20.1. The third-order valence-electron chi connectivity index (χ3n) is 4.30. The van der Waals surface area contributed by atoms with Crippen molar-refractivity contribution in [3.05, 3.63) is 47.5 Å². The zero-order chi connectivity index (χ0) is 26.8. The van der Waals surface area contributed by atoms with Crippen LogP contribution in [0.2, 0.25) is 0 Å². The molecule has 2 rings (SSSR count). The molecule has 0 saturated carbocycles. The van der Waals surface area contributed by atoms with Crippen molar-refractivity contribution in [2.45, 2.75) is 27.7 Å². The SMILES string of the molecule is CC(=O)Nc1ccc(C(=O)OCCOC(=O)c2ccc(NC(C)=O)c(NC(C)=O)c2)cc1NC(C)=O. The van der Waals surface area contributed by atoms with Crippen LogP contribution in [-0.4, -0.2) is 48.8 Å². The van der Waals surface area contributed by atoms with E-state index in [0.29, 0.717) is 11.4 Å². The molecule has 12 nitrogen and oxygen atoms in total. The summed E-state index contributed by atoms with van der Waals surface area (Å²) in [7, 11) is 0. The predicted molar refractivity (Wildman–Crippen MR) is 131 cm³/mol. The van der Waals surface area contributed by atoms with E-state index in [2.05, 4.69) is 21.3 Å². The Labute approximate surface area is 206 Å². The second-order valence-electron chi connectivity index (χ2n) is 7.52. The standard InChI is InChI=1S/C24H26N4O8/c1-13(29)25-19-7-5-17(11-21(19)27-15(3)31)23(33)35-9-10-36-24(34)18-6-8-20(26-14(2)30)22(12-18)28-16(4)32/h5-8,11-12H,9-10H2,1-4H3,(H,25,29)(H,26,30)(H,27,31)(H,28,32). The molecule has 2 aromatic rings. The number of nitrogens with one attached hydrogen (secondary N) is 4. The summed E-state index contributed by atoms with van der Waals surface area (Å²) in [6.45, 7) is 4.66. The van der Waals surface area contributed by atoms with Gasteiger partial charge in [-0.1, -0.05) is 0 Å². The molecule has 190 valence electrons. The van der Waals surface area contributed by atoms with Crippen molar-refractivity contribution in [3.63, 3.8) is 0 Å². The van der Waals surface area contributed by atoms with Gasteiger partial charge in [0.15, 0.2) is 0 Å². The fourth-order valence-electron chi connectivity index (χ4n) is 2.96. The molecule has 36 heavy (non-hydrogen) atoms. The molecule has 0 bridgehead atoms. The van der Waals surface area contributed by atoms with Gasteiger partial charge in [0.25, 0.3) is 0 Å². The molecule has 0 saturated heterocycles. The number of amides is 4. The van der Waals surface area contributed by atoms with Crippen LogP contribution in [0.1, 0.15) is 48.4 Å². The first-order chi connectivity index (χ1) is 17.0. The van der Waals surface area contributed by atoms with Gasteiger partial charge in [-0.15, -0.1) is 0 Å². The number of ether oxygens (including phenoxy) is 2. The molecule has 0 atom stereocenters. The Morgan fingerprint density at radius 2 is 0.833 bits per heavy atom. The average Bonchev–Trinajstić information content (AvgIpc) is 2.77. The van der Waals surface area contributed by atoms with E-state index in [0.717, 1.165) is 0 Å². The lowest BCUT2D eigenvalue weighted by Crippen LogP contribution is -2.16. The normalized spacial score (nSPS) is 10.0. The minimum absolute atomic E-state index is 0.104. The highest BCUT2D eigenvalue weighted by atomic mass is 16.6. The van der Waals surface area contributed by atoms with Gasteiger partial charge >= 0.3 is 11.9 Å². The predicted octanol–water partition coefficient (Wildman–Crippen LogP) is 2.53. The van der Waals surface area contributed by atoms with Gasteiger partial charge in [0.1, 0.15) is 13.2 Å². The number of benzene rings is 2. The lowest BCUT2D eigenvalue weighted by molar-refractivity contribution is -0.115. The van der Waals surface area contributed by atoms with Crippen molar-refractivity contribution in [2.24, 2.45) is 0 Å². The molecule has 0 aromatic heterocycles. The Morgan fingerprint density at radius 3 is 1.14 bits per heavy atom. The fraction of sp³-hybridized carbons (Fsp3) is 0.250. The van der Waals surface area contributed by atoms with Crippen LogP contribution in [-0.2, 0) is 28.7 Å². The van der Waals surface area contributed by atoms with E-state index in [1.54, 1.807) is 0 Å². The Balaban J connectivity index is 1.99. The third kappa shape index (κ3) is 8.56. The molecule has 0 aliphatic carbocycles. The number of anilines is 4. The van der Waals surface area contributed by atoms with Gasteiger partial charge in [-0.2, -0.15) is 0 Å². The topological polar surface area (TPSA) is 169 Å². The Morgan fingerprint density at radius 1 is 0.528 bits per heavy atom. The number of hydrogen-bond donors (Lipinski definition) is 4. The monoisotopic (exact) mass is 498 g/mol. The van der Waals surface area contributed by atoms with Gasteiger partial charge in [-0.25, -0.2) is 9.59 Å². The summed E-state index contributed by atoms with van der Waals surface area (Å²) >= 11 is 0. The van der Waals surface area contributed by atoms with Crippen LogP contribution in [0.4, 0.5) is 22.7 Å². The minimum Gasteiger partial charge on any atom is -0.458 e. The van der Waals surface area contributed by atoms with Crippen molar-refractivity contribution >= 4 is 58.3 Å². The smallest absolute Gasteiger partial charge is 0.338 e. The second-order valence-corrected chi connectivity index (χ2v) is 7.52. The van der Waals surface area contributed by atoms with Crippen LogP contribution in [0.3, 0.4) is 0 Å². The molecular weight excluding hydrogens is 472 g/mol. The van der Waals surface area contributed by atoms with Crippen molar-refractivity contribution < 1.29 is 38.2 Å². The largest absolute Gasteiger partial charge is 0.458 e. The maximum absolute atomic E-state index is 12.4. The molecular formula is C24H26N4O8. The Bertz CT molecular complexity index is 1120. The summed E-state index contributed by atoms with van der Waals surface area (Å²) in [6.07, 6.45) is 0. The Hall–Kier alpha value is -4.74. The summed E-state index contributed by atoms with van der Waals surface area (Å²) in [5, 5.41) is 10.1. The molecule has 0 fully saturated rings. The van der Waals surface area contributed by atoms with Crippen LogP contribution in [0.5, 0.6) is 0 Å². The van der Waals surface area contributed by atoms with Gasteiger partial charge in [-0.3, -0.25) is 19.2 Å². The molecule has 12 heteroatoms. The van der Waals surface area contributed by atoms with Crippen molar-refractivity contribution in [3.8, 4) is 0 Å². The molecule has 0 heterocycles. The molecule has 0 spiro atoms. The van der Waals surface area contributed by atoms with Crippen molar-refractivity contribution in [1.29, 1.82) is 0 Å². The minimum atomic E-state index is -0.736. The van der Waals surface area contributed by atoms with Gasteiger partial charge in [0.2, 0.25) is 23.6 Å². The Kier molecular flexibility index (Phi) is 9.66. The van der Waals surface area contributed by atoms with Crippen molar-refractivity contribution in [2.75, 3.05) is 34.5 Å². The van der Waals surface area contributed by atoms with E-state index in [4.69, 9.17) is 9.47 Å². The molecule has 0 unspecified atom stereocenters. The summed E-state index contributed by atoms with van der Waals surface area (Å²) in [5.41, 5.74) is 1.27. The molecule has 0 aliphatic heterocycles. The summed E-state index contributed by atoms with van der Waals surface area (Å²) in [6, 6.07) is 8.40. The van der Waals surface area contributed by atoms with Gasteiger partial charge in [0, 0.05) is 27.7 Å². The second kappa shape index (κ2) is 12.6. The molecule has 0 radical (unpaired) electrons. The van der Waals surface area contributed by atoms with Crippen LogP contribution < -0.4 is 21.3 Å². The highest BCUT2D eigenvalue weighted by Crippen LogP contribution is 2.25. The van der Waals surface area contributed by atoms with Crippen LogP contribution >= 0.6 is 0 Å². The highest BCUT2D eigenvalue weighted by Gasteiger charge is 2.15. The first kappa shape index (κ1) is 27.5. The van der Waals surface area contributed by atoms with E-state index in [-0.39, 0.29) is 47.5 Å². The van der Waals surface area contributed by atoms with Crippen molar-refractivity contribution in [1.82, 2.24) is 0 Å². The summed E-state index contributed by atoms with van der Waals surface area (Å²) in [4.78, 5) is 70.3. The van der Waals surface area contributed by atoms with Gasteiger partial charge < -0.3 is 30.7 Å². The fourth-order valence-corrected chi connectivity index (χ4v) is 2.96.